The Kier molecular flexibility index (Phi) is 6.41. The summed E-state index contributed by atoms with van der Waals surface area (Å²) in [5.74, 6) is 1.35. The van der Waals surface area contributed by atoms with Crippen molar-refractivity contribution in [1.82, 2.24) is 44.9 Å². The normalized spacial score (nSPS) is 14.3. The van der Waals surface area contributed by atoms with Crippen LogP contribution in [0.2, 0.25) is 0 Å². The second-order valence-electron chi connectivity index (χ2n) is 9.12. The number of nitrogens with zero attached hydrogens (tertiary/aromatic N) is 7. The standard InChI is InChI=1S/C26H31N9O/c1-4-6-10-22-17-34(24-19(5-2)16-28-33(24)3)25(36)35(22)18-26(11-13-27-14-12-26)21-9-7-8-20(15-21)23-29-31-32-30-23/h7-9,11-17,27H,4-6,10,18H2,1-3H3,(H,29,30,31,32). The summed E-state index contributed by atoms with van der Waals surface area (Å²) in [6, 6.07) is 8.09. The molecule has 1 aliphatic heterocycles. The van der Waals surface area contributed by atoms with E-state index in [0.717, 1.165) is 53.9 Å². The van der Waals surface area contributed by atoms with E-state index >= 15 is 0 Å². The Labute approximate surface area is 209 Å². The van der Waals surface area contributed by atoms with E-state index in [4.69, 9.17) is 0 Å². The number of rotatable bonds is 9. The second-order valence-corrected chi connectivity index (χ2v) is 9.12. The van der Waals surface area contributed by atoms with Gasteiger partial charge in [-0.15, -0.1) is 10.2 Å². The molecule has 0 fully saturated rings. The summed E-state index contributed by atoms with van der Waals surface area (Å²) >= 11 is 0. The smallest absolute Gasteiger partial charge is 0.334 e. The molecule has 36 heavy (non-hydrogen) atoms. The molecular formula is C26H31N9O. The summed E-state index contributed by atoms with van der Waals surface area (Å²) < 4.78 is 5.46. The van der Waals surface area contributed by atoms with E-state index in [9.17, 15) is 4.79 Å². The number of dihydropyridines is 1. The van der Waals surface area contributed by atoms with Crippen LogP contribution in [0.15, 0.2) is 66.0 Å². The maximum atomic E-state index is 14.0. The van der Waals surface area contributed by atoms with E-state index in [2.05, 4.69) is 69.2 Å². The summed E-state index contributed by atoms with van der Waals surface area (Å²) in [4.78, 5) is 14.0. The number of benzene rings is 1. The summed E-state index contributed by atoms with van der Waals surface area (Å²) in [7, 11) is 1.88. The molecule has 4 heterocycles. The predicted octanol–water partition coefficient (Wildman–Crippen LogP) is 3.03. The van der Waals surface area contributed by atoms with Gasteiger partial charge in [-0.1, -0.05) is 50.6 Å². The van der Waals surface area contributed by atoms with Crippen molar-refractivity contribution in [3.63, 3.8) is 0 Å². The van der Waals surface area contributed by atoms with Crippen LogP contribution in [-0.4, -0.2) is 39.5 Å². The number of aryl methyl sites for hydroxylation is 3. The molecule has 0 spiro atoms. The molecule has 0 saturated carbocycles. The predicted molar refractivity (Wildman–Crippen MR) is 137 cm³/mol. The lowest BCUT2D eigenvalue weighted by molar-refractivity contribution is 0.495. The van der Waals surface area contributed by atoms with Gasteiger partial charge in [0.25, 0.3) is 0 Å². The SMILES string of the molecule is CCCCc1cn(-c2c(CC)cnn2C)c(=O)n1CC1(c2cccc(-c3nn[nH]n3)c2)C=CNC=C1. The minimum absolute atomic E-state index is 0.0616. The molecule has 1 aromatic carbocycles. The largest absolute Gasteiger partial charge is 0.368 e. The van der Waals surface area contributed by atoms with Gasteiger partial charge in [0.15, 0.2) is 0 Å². The molecule has 5 rings (SSSR count). The van der Waals surface area contributed by atoms with Gasteiger partial charge in [-0.2, -0.15) is 10.3 Å². The molecule has 1 aliphatic rings. The zero-order chi connectivity index (χ0) is 25.1. The fourth-order valence-corrected chi connectivity index (χ4v) is 4.83. The van der Waals surface area contributed by atoms with E-state index in [1.54, 1.807) is 9.25 Å². The van der Waals surface area contributed by atoms with E-state index in [1.807, 2.05) is 48.5 Å². The summed E-state index contributed by atoms with van der Waals surface area (Å²) in [5.41, 5.74) is 3.35. The van der Waals surface area contributed by atoms with Crippen LogP contribution >= 0.6 is 0 Å². The van der Waals surface area contributed by atoms with Crippen molar-refractivity contribution in [2.24, 2.45) is 7.05 Å². The van der Waals surface area contributed by atoms with Crippen LogP contribution in [-0.2, 0) is 31.8 Å². The Bertz CT molecular complexity index is 1440. The van der Waals surface area contributed by atoms with Crippen LogP contribution in [0, 0.1) is 0 Å². The molecule has 0 saturated heterocycles. The molecule has 0 radical (unpaired) electrons. The molecule has 10 nitrogen and oxygen atoms in total. The van der Waals surface area contributed by atoms with Gasteiger partial charge in [-0.3, -0.25) is 13.8 Å². The Balaban J connectivity index is 1.63. The van der Waals surface area contributed by atoms with Gasteiger partial charge in [0.05, 0.1) is 11.6 Å². The maximum absolute atomic E-state index is 14.0. The van der Waals surface area contributed by atoms with Crippen LogP contribution in [0.3, 0.4) is 0 Å². The van der Waals surface area contributed by atoms with Crippen LogP contribution < -0.4 is 11.0 Å². The van der Waals surface area contributed by atoms with E-state index in [0.29, 0.717) is 12.4 Å². The maximum Gasteiger partial charge on any atom is 0.334 e. The molecular weight excluding hydrogens is 454 g/mol. The number of aromatic amines is 1. The number of hydrogen-bond acceptors (Lipinski definition) is 6. The van der Waals surface area contributed by atoms with Crippen molar-refractivity contribution < 1.29 is 0 Å². The molecule has 0 amide bonds. The van der Waals surface area contributed by atoms with E-state index in [-0.39, 0.29) is 5.69 Å². The van der Waals surface area contributed by atoms with Gasteiger partial charge >= 0.3 is 5.69 Å². The topological polar surface area (TPSA) is 111 Å². The highest BCUT2D eigenvalue weighted by Crippen LogP contribution is 2.33. The molecule has 186 valence electrons. The number of tetrazole rings is 1. The van der Waals surface area contributed by atoms with Gasteiger partial charge in [-0.25, -0.2) is 4.79 Å². The van der Waals surface area contributed by atoms with Crippen LogP contribution in [0.5, 0.6) is 0 Å². The van der Waals surface area contributed by atoms with Crippen LogP contribution in [0.1, 0.15) is 43.5 Å². The van der Waals surface area contributed by atoms with Gasteiger partial charge < -0.3 is 5.32 Å². The van der Waals surface area contributed by atoms with Gasteiger partial charge in [-0.05, 0) is 48.5 Å². The molecule has 0 bridgehead atoms. The third-order valence-electron chi connectivity index (χ3n) is 6.82. The monoisotopic (exact) mass is 485 g/mol. The number of allylic oxidation sites excluding steroid dienone is 2. The highest BCUT2D eigenvalue weighted by atomic mass is 16.1. The number of unbranched alkanes of at least 4 members (excludes halogenated alkanes) is 1. The van der Waals surface area contributed by atoms with Crippen LogP contribution in [0.25, 0.3) is 17.2 Å². The first kappa shape index (κ1) is 23.5. The first-order valence-corrected chi connectivity index (χ1v) is 12.3. The molecule has 2 N–H and O–H groups in total. The molecule has 0 unspecified atom stereocenters. The lowest BCUT2D eigenvalue weighted by atomic mass is 9.78. The average molecular weight is 486 g/mol. The zero-order valence-electron chi connectivity index (χ0n) is 20.8. The van der Waals surface area contributed by atoms with Crippen molar-refractivity contribution in [1.29, 1.82) is 0 Å². The van der Waals surface area contributed by atoms with Crippen LogP contribution in [0.4, 0.5) is 0 Å². The highest BCUT2D eigenvalue weighted by Gasteiger charge is 2.32. The summed E-state index contributed by atoms with van der Waals surface area (Å²) in [5, 5.41) is 22.0. The average Bonchev–Trinajstić information content (AvgIpc) is 3.64. The van der Waals surface area contributed by atoms with Gasteiger partial charge in [0.1, 0.15) is 5.82 Å². The zero-order valence-corrected chi connectivity index (χ0v) is 20.8. The van der Waals surface area contributed by atoms with E-state index < -0.39 is 5.41 Å². The summed E-state index contributed by atoms with van der Waals surface area (Å²) in [6.45, 7) is 4.71. The van der Waals surface area contributed by atoms with Gasteiger partial charge in [0.2, 0.25) is 5.82 Å². The lowest BCUT2D eigenvalue weighted by Crippen LogP contribution is -2.36. The number of H-pyrrole nitrogens is 1. The fourth-order valence-electron chi connectivity index (χ4n) is 4.83. The number of imidazole rings is 1. The third kappa shape index (κ3) is 4.19. The van der Waals surface area contributed by atoms with Crippen molar-refractivity contribution in [2.75, 3.05) is 0 Å². The first-order valence-electron chi connectivity index (χ1n) is 12.3. The molecule has 0 atom stereocenters. The van der Waals surface area contributed by atoms with Crippen molar-refractivity contribution >= 4 is 0 Å². The van der Waals surface area contributed by atoms with Crippen molar-refractivity contribution in [3.8, 4) is 17.2 Å². The minimum Gasteiger partial charge on any atom is -0.368 e. The minimum atomic E-state index is -0.540. The first-order chi connectivity index (χ1) is 17.6. The van der Waals surface area contributed by atoms with Crippen molar-refractivity contribution in [3.05, 3.63) is 88.5 Å². The molecule has 4 aromatic rings. The lowest BCUT2D eigenvalue weighted by Gasteiger charge is -2.31. The third-order valence-corrected chi connectivity index (χ3v) is 6.82. The van der Waals surface area contributed by atoms with Crippen molar-refractivity contribution in [2.45, 2.75) is 51.5 Å². The Morgan fingerprint density at radius 2 is 1.97 bits per heavy atom. The molecule has 0 aliphatic carbocycles. The number of aromatic nitrogens is 8. The Hall–Kier alpha value is -4.21. The number of nitrogens with one attached hydrogen (secondary N) is 2. The van der Waals surface area contributed by atoms with E-state index in [1.165, 1.54) is 0 Å². The number of hydrogen-bond donors (Lipinski definition) is 2. The highest BCUT2D eigenvalue weighted by molar-refractivity contribution is 5.57. The fraction of sp³-hybridized carbons (Fsp3) is 0.346. The Morgan fingerprint density at radius 1 is 1.14 bits per heavy atom. The quantitative estimate of drug-likeness (QED) is 0.377. The molecule has 10 heteroatoms. The second kappa shape index (κ2) is 9.80. The summed E-state index contributed by atoms with van der Waals surface area (Å²) in [6.07, 6.45) is 15.6. The van der Waals surface area contributed by atoms with Gasteiger partial charge in [0, 0.05) is 36.6 Å². The Morgan fingerprint density at radius 3 is 2.69 bits per heavy atom. The molecule has 3 aromatic heterocycles.